The Bertz CT molecular complexity index is 646. The summed E-state index contributed by atoms with van der Waals surface area (Å²) in [4.78, 5) is 31.1. The lowest BCUT2D eigenvalue weighted by atomic mass is 10.0. The van der Waals surface area contributed by atoms with Gasteiger partial charge in [-0.2, -0.15) is 5.10 Å². The van der Waals surface area contributed by atoms with Crippen molar-refractivity contribution in [3.8, 4) is 0 Å². The molecule has 2 aromatic heterocycles. The highest BCUT2D eigenvalue weighted by atomic mass is 32.2. The zero-order chi connectivity index (χ0) is 14.9. The Morgan fingerprint density at radius 3 is 2.55 bits per heavy atom. The van der Waals surface area contributed by atoms with Crippen molar-refractivity contribution in [1.29, 1.82) is 0 Å². The maximum atomic E-state index is 12.5. The Balaban J connectivity index is 2.25. The summed E-state index contributed by atoms with van der Waals surface area (Å²) in [7, 11) is 0. The summed E-state index contributed by atoms with van der Waals surface area (Å²) < 4.78 is 0. The normalized spacial score (nSPS) is 12.4. The molecule has 2 aromatic rings. The highest BCUT2D eigenvalue weighted by molar-refractivity contribution is 8.00. The number of carbonyl (C=O) groups excluding carboxylic acids is 2. The van der Waals surface area contributed by atoms with Gasteiger partial charge in [0.2, 0.25) is 0 Å². The summed E-state index contributed by atoms with van der Waals surface area (Å²) in [6, 6.07) is 0. The molecule has 0 amide bonds. The molecule has 0 aliphatic heterocycles. The number of thioether (sulfide) groups is 1. The van der Waals surface area contributed by atoms with E-state index in [1.807, 2.05) is 0 Å². The van der Waals surface area contributed by atoms with Crippen molar-refractivity contribution in [2.24, 2.45) is 0 Å². The Kier molecular flexibility index (Phi) is 4.08. The minimum absolute atomic E-state index is 0.0363. The van der Waals surface area contributed by atoms with E-state index in [4.69, 9.17) is 0 Å². The molecule has 0 aromatic carbocycles. The first-order chi connectivity index (χ1) is 9.41. The van der Waals surface area contributed by atoms with Gasteiger partial charge in [0.25, 0.3) is 0 Å². The van der Waals surface area contributed by atoms with Crippen LogP contribution in [0.25, 0.3) is 0 Å². The minimum atomic E-state index is -0.320. The van der Waals surface area contributed by atoms with Crippen molar-refractivity contribution >= 4 is 23.3 Å². The quantitative estimate of drug-likeness (QED) is 0.652. The first-order valence-corrected chi connectivity index (χ1v) is 7.06. The molecule has 0 fully saturated rings. The molecule has 1 atom stereocenters. The van der Waals surface area contributed by atoms with E-state index < -0.39 is 0 Å². The van der Waals surface area contributed by atoms with Crippen molar-refractivity contribution in [3.05, 3.63) is 28.8 Å². The van der Waals surface area contributed by atoms with Crippen LogP contribution in [0.1, 0.15) is 46.0 Å². The van der Waals surface area contributed by atoms with Crippen LogP contribution < -0.4 is 0 Å². The lowest BCUT2D eigenvalue weighted by Crippen LogP contribution is -2.15. The third kappa shape index (κ3) is 2.67. The van der Waals surface area contributed by atoms with Gasteiger partial charge in [-0.15, -0.1) is 0 Å². The molecule has 2 N–H and O–H groups in total. The van der Waals surface area contributed by atoms with Crippen LogP contribution in [0.4, 0.5) is 0 Å². The number of carbonyl (C=O) groups is 2. The van der Waals surface area contributed by atoms with E-state index in [1.165, 1.54) is 25.0 Å². The van der Waals surface area contributed by atoms with Crippen LogP contribution >= 0.6 is 11.8 Å². The van der Waals surface area contributed by atoms with Gasteiger partial charge in [0, 0.05) is 11.3 Å². The highest BCUT2D eigenvalue weighted by Crippen LogP contribution is 2.25. The Morgan fingerprint density at radius 2 is 2.05 bits per heavy atom. The molecule has 106 valence electrons. The molecular formula is C13H16N4O2S. The molecule has 0 aliphatic carbocycles. The fraction of sp³-hybridized carbons (Fsp3) is 0.385. The molecule has 0 spiro atoms. The van der Waals surface area contributed by atoms with E-state index in [2.05, 4.69) is 20.2 Å². The number of nitrogens with zero attached hydrogens (tertiary/aromatic N) is 2. The summed E-state index contributed by atoms with van der Waals surface area (Å²) in [5.41, 5.74) is 2.54. The van der Waals surface area contributed by atoms with Crippen molar-refractivity contribution in [3.63, 3.8) is 0 Å². The summed E-state index contributed by atoms with van der Waals surface area (Å²) in [6.45, 7) is 6.90. The van der Waals surface area contributed by atoms with Gasteiger partial charge in [-0.25, -0.2) is 4.98 Å². The number of ketones is 2. The summed E-state index contributed by atoms with van der Waals surface area (Å²) >= 11 is 1.30. The standard InChI is InChI=1S/C13H16N4O2S/c1-6-10(8(3)18)7(2)16-11(6)12(19)9(4)20-13-14-5-15-17-13/h5,9,16H,1-4H3,(H,14,15,17)/t9-/m1/s1. The average molecular weight is 292 g/mol. The third-order valence-electron chi connectivity index (χ3n) is 3.09. The Labute approximate surface area is 120 Å². The lowest BCUT2D eigenvalue weighted by molar-refractivity contribution is 0.0988. The molecule has 6 nitrogen and oxygen atoms in total. The smallest absolute Gasteiger partial charge is 0.192 e. The Hall–Kier alpha value is -1.89. The number of nitrogens with one attached hydrogen (secondary N) is 2. The number of hydrogen-bond acceptors (Lipinski definition) is 5. The molecule has 0 radical (unpaired) electrons. The van der Waals surface area contributed by atoms with Gasteiger partial charge in [-0.1, -0.05) is 11.8 Å². The van der Waals surface area contributed by atoms with Crippen LogP contribution in [0.3, 0.4) is 0 Å². The molecule has 7 heteroatoms. The molecule has 0 bridgehead atoms. The number of rotatable bonds is 5. The minimum Gasteiger partial charge on any atom is -0.355 e. The monoisotopic (exact) mass is 292 g/mol. The van der Waals surface area contributed by atoms with Crippen molar-refractivity contribution < 1.29 is 9.59 Å². The van der Waals surface area contributed by atoms with E-state index in [9.17, 15) is 9.59 Å². The van der Waals surface area contributed by atoms with Gasteiger partial charge in [0.15, 0.2) is 16.7 Å². The first-order valence-electron chi connectivity index (χ1n) is 6.18. The summed E-state index contributed by atoms with van der Waals surface area (Å²) in [5.74, 6) is -0.0923. The van der Waals surface area contributed by atoms with Crippen LogP contribution in [0.15, 0.2) is 11.5 Å². The molecule has 20 heavy (non-hydrogen) atoms. The highest BCUT2D eigenvalue weighted by Gasteiger charge is 2.24. The molecule has 0 saturated carbocycles. The molecule has 0 saturated heterocycles. The van der Waals surface area contributed by atoms with Crippen LogP contribution in [-0.4, -0.2) is 37.0 Å². The van der Waals surface area contributed by atoms with Crippen LogP contribution in [0.2, 0.25) is 0 Å². The zero-order valence-corrected chi connectivity index (χ0v) is 12.6. The van der Waals surface area contributed by atoms with Gasteiger partial charge in [-0.3, -0.25) is 14.7 Å². The van der Waals surface area contributed by atoms with E-state index in [0.29, 0.717) is 22.0 Å². The number of hydrogen-bond donors (Lipinski definition) is 2. The van der Waals surface area contributed by atoms with E-state index in [0.717, 1.165) is 5.69 Å². The van der Waals surface area contributed by atoms with Crippen molar-refractivity contribution in [1.82, 2.24) is 20.2 Å². The molecule has 2 heterocycles. The molecule has 0 aliphatic rings. The second-order valence-electron chi connectivity index (χ2n) is 4.60. The van der Waals surface area contributed by atoms with E-state index in [-0.39, 0.29) is 16.8 Å². The first kappa shape index (κ1) is 14.5. The number of Topliss-reactive ketones (excluding diaryl/α,β-unsaturated/α-hetero) is 2. The number of aryl methyl sites for hydroxylation is 1. The van der Waals surface area contributed by atoms with Gasteiger partial charge in [0.1, 0.15) is 6.33 Å². The fourth-order valence-corrected chi connectivity index (χ4v) is 2.97. The van der Waals surface area contributed by atoms with Gasteiger partial charge in [-0.05, 0) is 33.3 Å². The topological polar surface area (TPSA) is 91.5 Å². The third-order valence-corrected chi connectivity index (χ3v) is 4.07. The number of H-pyrrole nitrogens is 2. The molecular weight excluding hydrogens is 276 g/mol. The average Bonchev–Trinajstić information content (AvgIpc) is 2.96. The zero-order valence-electron chi connectivity index (χ0n) is 11.8. The van der Waals surface area contributed by atoms with Crippen LogP contribution in [0, 0.1) is 13.8 Å². The number of aromatic nitrogens is 4. The summed E-state index contributed by atoms with van der Waals surface area (Å²) in [6.07, 6.45) is 1.40. The maximum absolute atomic E-state index is 12.5. The Morgan fingerprint density at radius 1 is 1.35 bits per heavy atom. The molecule has 0 unspecified atom stereocenters. The largest absolute Gasteiger partial charge is 0.355 e. The second kappa shape index (κ2) is 5.62. The van der Waals surface area contributed by atoms with E-state index in [1.54, 1.807) is 20.8 Å². The SMILES string of the molecule is CC(=O)c1c(C)[nH]c(C(=O)[C@@H](C)Sc2ncn[nH]2)c1C. The van der Waals surface area contributed by atoms with Gasteiger partial charge in [0.05, 0.1) is 10.9 Å². The summed E-state index contributed by atoms with van der Waals surface area (Å²) in [5, 5.41) is 6.73. The van der Waals surface area contributed by atoms with Crippen LogP contribution in [-0.2, 0) is 0 Å². The molecule has 2 rings (SSSR count). The predicted octanol–water partition coefficient (Wildman–Crippen LogP) is 2.32. The predicted molar refractivity (Wildman–Crippen MR) is 76.3 cm³/mol. The van der Waals surface area contributed by atoms with Gasteiger partial charge >= 0.3 is 0 Å². The van der Waals surface area contributed by atoms with Gasteiger partial charge < -0.3 is 4.98 Å². The van der Waals surface area contributed by atoms with Crippen molar-refractivity contribution in [2.45, 2.75) is 38.1 Å². The van der Waals surface area contributed by atoms with Crippen LogP contribution in [0.5, 0.6) is 0 Å². The van der Waals surface area contributed by atoms with Crippen molar-refractivity contribution in [2.75, 3.05) is 0 Å². The van der Waals surface area contributed by atoms with E-state index >= 15 is 0 Å². The fourth-order valence-electron chi connectivity index (χ4n) is 2.20. The second-order valence-corrected chi connectivity index (χ2v) is 5.93. The number of aromatic amines is 2. The lowest BCUT2D eigenvalue weighted by Gasteiger charge is -2.07. The maximum Gasteiger partial charge on any atom is 0.192 e.